The molecule has 0 N–H and O–H groups in total. The average molecular weight is 511 g/mol. The van der Waals surface area contributed by atoms with Gasteiger partial charge in [-0.15, -0.1) is 0 Å². The van der Waals surface area contributed by atoms with Crippen molar-refractivity contribution in [2.75, 3.05) is 42.3 Å². The van der Waals surface area contributed by atoms with Crippen LogP contribution in [0.3, 0.4) is 0 Å². The third-order valence-electron chi connectivity index (χ3n) is 2.49. The third-order valence-corrected chi connectivity index (χ3v) is 2.49. The minimum atomic E-state index is 0. The Morgan fingerprint density at radius 1 is 0.542 bits per heavy atom. The van der Waals surface area contributed by atoms with E-state index in [0.717, 1.165) is 0 Å². The molecule has 3 aliphatic rings. The fraction of sp³-hybridized carbons (Fsp3) is 0.375. The van der Waals surface area contributed by atoms with Gasteiger partial charge in [0.25, 0.3) is 0 Å². The van der Waals surface area contributed by atoms with E-state index in [4.69, 9.17) is 4.65 Å². The zero-order valence-corrected chi connectivity index (χ0v) is 17.3. The van der Waals surface area contributed by atoms with Gasteiger partial charge in [0.1, 0.15) is 0 Å². The van der Waals surface area contributed by atoms with Crippen LogP contribution in [0.4, 0.5) is 0 Å². The predicted octanol–water partition coefficient (Wildman–Crippen LogP) is 1.18. The molecule has 3 rings (SSSR count). The Balaban J connectivity index is -0.000000126. The van der Waals surface area contributed by atoms with Crippen molar-refractivity contribution in [3.63, 3.8) is 0 Å². The molecular weight excluding hydrogens is 484 g/mol. The van der Waals surface area contributed by atoms with Gasteiger partial charge in [-0.1, -0.05) is 0 Å². The predicted molar refractivity (Wildman–Crippen MR) is 89.9 cm³/mol. The first-order valence-corrected chi connectivity index (χ1v) is 6.78. The normalized spacial score (nSPS) is 16.8. The molecule has 0 saturated heterocycles. The van der Waals surface area contributed by atoms with Gasteiger partial charge in [0, 0.05) is 79.5 Å². The molecule has 0 amide bonds. The van der Waals surface area contributed by atoms with Crippen LogP contribution in [0.5, 0.6) is 0 Å². The maximum Gasteiger partial charge on any atom is 3.00 e. The van der Waals surface area contributed by atoms with Gasteiger partial charge in [0.15, 0.2) is 0 Å². The molecule has 0 aliphatic carbocycles. The fourth-order valence-corrected chi connectivity index (χ4v) is 1.55. The number of hydrogen-bond donors (Lipinski definition) is 0. The Kier molecular flexibility index (Phi) is 14.2. The molecule has 8 heteroatoms. The smallest absolute Gasteiger partial charge is 1.00 e. The molecule has 134 valence electrons. The van der Waals surface area contributed by atoms with E-state index < -0.39 is 0 Å². The van der Waals surface area contributed by atoms with Crippen molar-refractivity contribution in [2.45, 2.75) is 0 Å². The zero-order chi connectivity index (χ0) is 17.8. The zero-order valence-electron chi connectivity index (χ0n) is 16.9. The van der Waals surface area contributed by atoms with Gasteiger partial charge < -0.3 is 32.3 Å². The summed E-state index contributed by atoms with van der Waals surface area (Å²) in [6.07, 6.45) is 11.7. The summed E-state index contributed by atoms with van der Waals surface area (Å²) in [7, 11) is 11.7. The molecule has 0 unspecified atom stereocenters. The SMILES string of the molecule is CN1[C]N(C)C=C1.CN1[C]N(C)C=C1.CN1[C]N(C)C=C1.[C-]#[O+].[H-].[H-].[Ir+3]. The molecule has 3 heterocycles. The molecule has 6 radical (unpaired) electrons. The van der Waals surface area contributed by atoms with Gasteiger partial charge in [-0.3, -0.25) is 0 Å². The Morgan fingerprint density at radius 2 is 0.667 bits per heavy atom. The van der Waals surface area contributed by atoms with Crippen molar-refractivity contribution < 1.29 is 27.6 Å². The van der Waals surface area contributed by atoms with Crippen LogP contribution in [0.25, 0.3) is 0 Å². The maximum atomic E-state index is 7.50. The second-order valence-electron chi connectivity index (χ2n) is 4.86. The van der Waals surface area contributed by atoms with Crippen molar-refractivity contribution >= 4 is 0 Å². The summed E-state index contributed by atoms with van der Waals surface area (Å²) in [5.74, 6) is 0. The molecular formula is C16H26IrN6O+. The summed E-state index contributed by atoms with van der Waals surface area (Å²) in [6, 6.07) is 0. The van der Waals surface area contributed by atoms with Gasteiger partial charge in [-0.05, 0) is 0 Å². The summed E-state index contributed by atoms with van der Waals surface area (Å²) in [4.78, 5) is 11.2. The van der Waals surface area contributed by atoms with E-state index in [1.807, 2.05) is 109 Å². The monoisotopic (exact) mass is 511 g/mol. The first kappa shape index (κ1) is 24.7. The van der Waals surface area contributed by atoms with E-state index in [2.05, 4.69) is 26.7 Å². The van der Waals surface area contributed by atoms with Crippen molar-refractivity contribution in [3.8, 4) is 0 Å². The van der Waals surface area contributed by atoms with E-state index in [-0.39, 0.29) is 23.0 Å². The molecule has 0 aromatic carbocycles. The summed E-state index contributed by atoms with van der Waals surface area (Å²) in [6.45, 7) is 13.4. The van der Waals surface area contributed by atoms with Crippen LogP contribution in [-0.4, -0.2) is 71.7 Å². The molecule has 0 bridgehead atoms. The summed E-state index contributed by atoms with van der Waals surface area (Å²) in [5, 5.41) is 0. The fourth-order valence-electron chi connectivity index (χ4n) is 1.55. The largest absolute Gasteiger partial charge is 3.00 e. The topological polar surface area (TPSA) is 39.3 Å². The van der Waals surface area contributed by atoms with Gasteiger partial charge in [-0.25, -0.2) is 0 Å². The Hall–Kier alpha value is -1.59. The molecule has 0 aromatic rings. The summed E-state index contributed by atoms with van der Waals surface area (Å²) >= 11 is 0. The molecule has 3 aliphatic heterocycles. The van der Waals surface area contributed by atoms with Crippen LogP contribution < -0.4 is 0 Å². The van der Waals surface area contributed by atoms with Gasteiger partial charge >= 0.3 is 31.4 Å². The van der Waals surface area contributed by atoms with Crippen LogP contribution in [0, 0.1) is 26.7 Å². The van der Waals surface area contributed by atoms with Crippen LogP contribution in [-0.2, 0) is 24.8 Å². The number of rotatable bonds is 0. The van der Waals surface area contributed by atoms with Crippen LogP contribution in [0.2, 0.25) is 0 Å². The van der Waals surface area contributed by atoms with E-state index in [1.165, 1.54) is 0 Å². The van der Waals surface area contributed by atoms with E-state index in [9.17, 15) is 0 Å². The van der Waals surface area contributed by atoms with E-state index >= 15 is 0 Å². The first-order valence-electron chi connectivity index (χ1n) is 6.78. The molecule has 0 spiro atoms. The number of hydrogen-bond acceptors (Lipinski definition) is 6. The van der Waals surface area contributed by atoms with Crippen LogP contribution in [0.15, 0.2) is 37.2 Å². The molecule has 0 aromatic heterocycles. The Bertz CT molecular complexity index is 349. The van der Waals surface area contributed by atoms with Crippen molar-refractivity contribution in [1.82, 2.24) is 29.4 Å². The average Bonchev–Trinajstić information content (AvgIpc) is 3.18. The molecule has 0 fully saturated rings. The molecule has 7 nitrogen and oxygen atoms in total. The van der Waals surface area contributed by atoms with Crippen molar-refractivity contribution in [3.05, 3.63) is 63.9 Å². The number of nitrogens with zero attached hydrogens (tertiary/aromatic N) is 6. The van der Waals surface area contributed by atoms with Crippen molar-refractivity contribution in [2.24, 2.45) is 0 Å². The molecule has 24 heavy (non-hydrogen) atoms. The quantitative estimate of drug-likeness (QED) is 0.360. The standard InChI is InChI=1S/3C5H8N2.CO.Ir.2H/c3*1-6-3-4-7(2)5-6;1-2;;;/h3*3-4H,1-2H3;;;;/q;;;;+3;2*-1. The Morgan fingerprint density at radius 3 is 0.708 bits per heavy atom. The second-order valence-corrected chi connectivity index (χ2v) is 4.86. The van der Waals surface area contributed by atoms with Crippen LogP contribution >= 0.6 is 0 Å². The summed E-state index contributed by atoms with van der Waals surface area (Å²) < 4.78 is 7.50. The van der Waals surface area contributed by atoms with E-state index in [1.54, 1.807) is 0 Å². The maximum absolute atomic E-state index is 7.50. The Labute approximate surface area is 163 Å². The first-order chi connectivity index (χ1) is 10.9. The minimum Gasteiger partial charge on any atom is -1.00 e. The second kappa shape index (κ2) is 13.8. The van der Waals surface area contributed by atoms with Gasteiger partial charge in [0.05, 0.1) is 0 Å². The summed E-state index contributed by atoms with van der Waals surface area (Å²) in [5.41, 5.74) is 0. The van der Waals surface area contributed by atoms with Crippen molar-refractivity contribution in [1.29, 1.82) is 0 Å². The third kappa shape index (κ3) is 11.9. The van der Waals surface area contributed by atoms with Gasteiger partial charge in [-0.2, -0.15) is 0 Å². The van der Waals surface area contributed by atoms with Crippen LogP contribution in [0.1, 0.15) is 2.85 Å². The van der Waals surface area contributed by atoms with E-state index in [0.29, 0.717) is 0 Å². The molecule has 0 saturated carbocycles. The minimum absolute atomic E-state index is 0. The van der Waals surface area contributed by atoms with Gasteiger partial charge in [0.2, 0.25) is 20.0 Å². The molecule has 0 atom stereocenters.